The molecule has 3 heterocycles. The minimum Gasteiger partial charge on any atom is -0.381 e. The molecule has 1 aromatic heterocycles. The molecular weight excluding hydrogens is 484 g/mol. The summed E-state index contributed by atoms with van der Waals surface area (Å²) in [4.78, 5) is 34.8. The Bertz CT molecular complexity index is 1120. The molecule has 2 aliphatic heterocycles. The van der Waals surface area contributed by atoms with Crippen LogP contribution in [0, 0.1) is 5.92 Å². The van der Waals surface area contributed by atoms with Gasteiger partial charge < -0.3 is 4.84 Å². The number of anilines is 1. The number of fused-ring (bicyclic) bond motifs is 1. The third-order valence-corrected chi connectivity index (χ3v) is 5.67. The number of hydrogen-bond acceptors (Lipinski definition) is 6. The zero-order valence-corrected chi connectivity index (χ0v) is 17.6. The molecule has 2 amide bonds. The highest BCUT2D eigenvalue weighted by Gasteiger charge is 2.58. The normalized spacial score (nSPS) is 20.6. The van der Waals surface area contributed by atoms with Gasteiger partial charge in [0, 0.05) is 18.8 Å². The van der Waals surface area contributed by atoms with Gasteiger partial charge in [0.25, 0.3) is 11.8 Å². The summed E-state index contributed by atoms with van der Waals surface area (Å²) in [6.07, 6.45) is -5.39. The van der Waals surface area contributed by atoms with Crippen molar-refractivity contribution in [3.05, 3.63) is 56.7 Å². The Morgan fingerprint density at radius 3 is 2.32 bits per heavy atom. The Labute approximate surface area is 187 Å². The van der Waals surface area contributed by atoms with Gasteiger partial charge in [0.05, 0.1) is 20.6 Å². The molecule has 0 bridgehead atoms. The third-order valence-electron chi connectivity index (χ3n) is 4.76. The summed E-state index contributed by atoms with van der Waals surface area (Å²) in [5, 5.41) is 5.48. The summed E-state index contributed by atoms with van der Waals surface area (Å²) in [6.45, 7) is 0. The second kappa shape index (κ2) is 7.54. The number of amides is 2. The number of oxime groups is 1. The standard InChI is InChI=1S/C18H10Cl3F3N4O3/c1-27(15-10(21)5-7(6-25-15)18(22,23)24)28-16(29)12-13(26-31-14(12)17(28)30)11-8(19)3-2-4-9(11)20/h2-6,12,14H,1H3/t12-,14+/m0/s1. The Hall–Kier alpha value is -2.56. The Kier molecular flexibility index (Phi) is 5.27. The second-order valence-corrected chi connectivity index (χ2v) is 7.84. The summed E-state index contributed by atoms with van der Waals surface area (Å²) >= 11 is 18.3. The second-order valence-electron chi connectivity index (χ2n) is 6.62. The van der Waals surface area contributed by atoms with E-state index in [9.17, 15) is 22.8 Å². The molecule has 2 aromatic rings. The summed E-state index contributed by atoms with van der Waals surface area (Å²) in [7, 11) is 1.26. The van der Waals surface area contributed by atoms with E-state index in [2.05, 4.69) is 10.1 Å². The van der Waals surface area contributed by atoms with E-state index in [0.717, 1.165) is 5.01 Å². The first-order valence-corrected chi connectivity index (χ1v) is 9.68. The van der Waals surface area contributed by atoms with Gasteiger partial charge in [-0.25, -0.2) is 4.98 Å². The van der Waals surface area contributed by atoms with Gasteiger partial charge in [-0.15, -0.1) is 0 Å². The van der Waals surface area contributed by atoms with Crippen LogP contribution < -0.4 is 5.01 Å². The van der Waals surface area contributed by atoms with Crippen molar-refractivity contribution in [1.29, 1.82) is 0 Å². The lowest BCUT2D eigenvalue weighted by atomic mass is 9.94. The molecule has 2 atom stereocenters. The van der Waals surface area contributed by atoms with Gasteiger partial charge in [0.2, 0.25) is 6.10 Å². The lowest BCUT2D eigenvalue weighted by Gasteiger charge is -2.28. The minimum atomic E-state index is -4.66. The van der Waals surface area contributed by atoms with Crippen LogP contribution in [0.4, 0.5) is 19.0 Å². The Balaban J connectivity index is 1.68. The van der Waals surface area contributed by atoms with Crippen molar-refractivity contribution in [2.75, 3.05) is 12.1 Å². The third kappa shape index (κ3) is 3.48. The van der Waals surface area contributed by atoms with Crippen molar-refractivity contribution >= 4 is 58.1 Å². The van der Waals surface area contributed by atoms with Crippen LogP contribution in [0.1, 0.15) is 11.1 Å². The van der Waals surface area contributed by atoms with Crippen molar-refractivity contribution in [2.24, 2.45) is 11.1 Å². The monoisotopic (exact) mass is 492 g/mol. The molecule has 0 saturated carbocycles. The van der Waals surface area contributed by atoms with E-state index in [1.54, 1.807) is 6.07 Å². The van der Waals surface area contributed by atoms with E-state index in [-0.39, 0.29) is 27.1 Å². The predicted octanol–water partition coefficient (Wildman–Crippen LogP) is 4.20. The van der Waals surface area contributed by atoms with Crippen LogP contribution in [0.15, 0.2) is 35.6 Å². The fourth-order valence-electron chi connectivity index (χ4n) is 3.33. The highest BCUT2D eigenvalue weighted by molar-refractivity contribution is 6.42. The number of rotatable bonds is 3. The van der Waals surface area contributed by atoms with Crippen molar-refractivity contribution in [3.63, 3.8) is 0 Å². The molecule has 0 unspecified atom stereocenters. The van der Waals surface area contributed by atoms with E-state index in [1.807, 2.05) is 0 Å². The maximum absolute atomic E-state index is 13.1. The van der Waals surface area contributed by atoms with Gasteiger partial charge in [-0.3, -0.25) is 14.6 Å². The van der Waals surface area contributed by atoms with Crippen molar-refractivity contribution in [2.45, 2.75) is 12.3 Å². The van der Waals surface area contributed by atoms with Gasteiger partial charge in [0.1, 0.15) is 11.6 Å². The van der Waals surface area contributed by atoms with Crippen LogP contribution in [-0.2, 0) is 20.6 Å². The van der Waals surface area contributed by atoms with E-state index < -0.39 is 40.6 Å². The highest BCUT2D eigenvalue weighted by Crippen LogP contribution is 2.39. The number of hydrogen-bond donors (Lipinski definition) is 0. The molecule has 31 heavy (non-hydrogen) atoms. The lowest BCUT2D eigenvalue weighted by molar-refractivity contribution is -0.143. The van der Waals surface area contributed by atoms with E-state index in [1.165, 1.54) is 19.2 Å². The average Bonchev–Trinajstić information content (AvgIpc) is 3.21. The Morgan fingerprint density at radius 2 is 1.74 bits per heavy atom. The van der Waals surface area contributed by atoms with E-state index in [4.69, 9.17) is 39.6 Å². The number of carbonyl (C=O) groups excluding carboxylic acids is 2. The number of nitrogens with zero attached hydrogens (tertiary/aromatic N) is 4. The molecule has 162 valence electrons. The number of imide groups is 1. The Morgan fingerprint density at radius 1 is 1.10 bits per heavy atom. The fraction of sp³-hybridized carbons (Fsp3) is 0.222. The topological polar surface area (TPSA) is 75.1 Å². The van der Waals surface area contributed by atoms with E-state index in [0.29, 0.717) is 17.3 Å². The summed E-state index contributed by atoms with van der Waals surface area (Å²) in [5.41, 5.74) is -0.757. The largest absolute Gasteiger partial charge is 0.417 e. The van der Waals surface area contributed by atoms with Gasteiger partial charge in [-0.1, -0.05) is 46.0 Å². The first kappa shape index (κ1) is 21.7. The van der Waals surface area contributed by atoms with Crippen molar-refractivity contribution in [3.8, 4) is 0 Å². The quantitative estimate of drug-likeness (QED) is 0.599. The van der Waals surface area contributed by atoms with Crippen molar-refractivity contribution in [1.82, 2.24) is 9.99 Å². The zero-order valence-electron chi connectivity index (χ0n) is 15.3. The SMILES string of the molecule is CN(c1ncc(C(F)(F)F)cc1Cl)N1C(=O)[C@H]2C(c3c(Cl)cccc3Cl)=NO[C@H]2C1=O. The maximum Gasteiger partial charge on any atom is 0.417 e. The molecule has 0 aliphatic carbocycles. The molecule has 0 radical (unpaired) electrons. The smallest absolute Gasteiger partial charge is 0.381 e. The molecule has 7 nitrogen and oxygen atoms in total. The molecule has 1 saturated heterocycles. The molecule has 13 heteroatoms. The maximum atomic E-state index is 13.1. The van der Waals surface area contributed by atoms with Crippen molar-refractivity contribution < 1.29 is 27.6 Å². The molecule has 0 N–H and O–H groups in total. The van der Waals surface area contributed by atoms with Crippen LogP contribution >= 0.6 is 34.8 Å². The van der Waals surface area contributed by atoms with Crippen LogP contribution in [0.25, 0.3) is 0 Å². The first-order valence-electron chi connectivity index (χ1n) is 8.54. The number of alkyl halides is 3. The number of carbonyl (C=O) groups is 2. The number of benzene rings is 1. The van der Waals surface area contributed by atoms with Gasteiger partial charge in [0.15, 0.2) is 5.82 Å². The van der Waals surface area contributed by atoms with Gasteiger partial charge in [-0.2, -0.15) is 18.2 Å². The lowest BCUT2D eigenvalue weighted by Crippen LogP contribution is -2.46. The van der Waals surface area contributed by atoms with Crippen LogP contribution in [-0.4, -0.2) is 40.7 Å². The molecule has 2 aliphatic rings. The minimum absolute atomic E-state index is 0.0707. The van der Waals surface area contributed by atoms with Crippen LogP contribution in [0.3, 0.4) is 0 Å². The average molecular weight is 494 g/mol. The number of hydrazine groups is 1. The van der Waals surface area contributed by atoms with Crippen LogP contribution in [0.5, 0.6) is 0 Å². The number of aromatic nitrogens is 1. The summed E-state index contributed by atoms with van der Waals surface area (Å²) < 4.78 is 38.6. The zero-order chi connectivity index (χ0) is 22.7. The number of pyridine rings is 1. The predicted molar refractivity (Wildman–Crippen MR) is 106 cm³/mol. The fourth-order valence-corrected chi connectivity index (χ4v) is 4.21. The molecule has 1 fully saturated rings. The summed E-state index contributed by atoms with van der Waals surface area (Å²) in [6, 6.07) is 5.33. The summed E-state index contributed by atoms with van der Waals surface area (Å²) in [5.74, 6) is -2.93. The molecule has 4 rings (SSSR count). The first-order chi connectivity index (χ1) is 14.5. The van der Waals surface area contributed by atoms with Gasteiger partial charge in [-0.05, 0) is 18.2 Å². The number of halogens is 6. The highest BCUT2D eigenvalue weighted by atomic mass is 35.5. The molecule has 1 aromatic carbocycles. The van der Waals surface area contributed by atoms with Gasteiger partial charge >= 0.3 is 6.18 Å². The molecular formula is C18H10Cl3F3N4O3. The van der Waals surface area contributed by atoms with E-state index >= 15 is 0 Å². The van der Waals surface area contributed by atoms with Crippen LogP contribution in [0.2, 0.25) is 15.1 Å². The molecule has 0 spiro atoms.